The predicted molar refractivity (Wildman–Crippen MR) is 98.0 cm³/mol. The summed E-state index contributed by atoms with van der Waals surface area (Å²) < 4.78 is 60.7. The largest absolute Gasteiger partial charge is 0.433 e. The van der Waals surface area contributed by atoms with Crippen LogP contribution in [0, 0.1) is 23.3 Å². The summed E-state index contributed by atoms with van der Waals surface area (Å²) in [7, 11) is 0. The smallest absolute Gasteiger partial charge is 0.254 e. The fraction of sp³-hybridized carbons (Fsp3) is 0.158. The number of aliphatic hydroxyl groups excluding tert-OH is 1. The topological polar surface area (TPSA) is 89.4 Å². The quantitative estimate of drug-likeness (QED) is 0.529. The predicted octanol–water partition coefficient (Wildman–Crippen LogP) is 4.08. The fourth-order valence-electron chi connectivity index (χ4n) is 2.81. The number of carbonyl (C=O) groups is 1. The summed E-state index contributed by atoms with van der Waals surface area (Å²) >= 11 is 3.09. The normalized spacial score (nSPS) is 12.2. The van der Waals surface area contributed by atoms with Crippen molar-refractivity contribution in [2.24, 2.45) is 5.73 Å². The maximum absolute atomic E-state index is 14.5. The molecular formula is C19H13BrF4N2O3. The number of aromatic nitrogens is 1. The Labute approximate surface area is 170 Å². The van der Waals surface area contributed by atoms with Crippen molar-refractivity contribution in [1.82, 2.24) is 4.98 Å². The molecule has 1 aromatic heterocycles. The lowest BCUT2D eigenvalue weighted by atomic mass is 9.97. The molecule has 10 heteroatoms. The molecule has 3 rings (SSSR count). The van der Waals surface area contributed by atoms with Gasteiger partial charge in [-0.1, -0.05) is 6.07 Å². The van der Waals surface area contributed by atoms with E-state index in [4.69, 9.17) is 10.2 Å². The average Bonchev–Trinajstić information content (AvgIpc) is 3.02. The van der Waals surface area contributed by atoms with Crippen molar-refractivity contribution < 1.29 is 31.9 Å². The molecule has 3 aromatic rings. The van der Waals surface area contributed by atoms with E-state index in [0.717, 1.165) is 18.2 Å². The lowest BCUT2D eigenvalue weighted by molar-refractivity contribution is 0.0992. The second-order valence-corrected chi connectivity index (χ2v) is 6.86. The zero-order valence-corrected chi connectivity index (χ0v) is 16.1. The maximum atomic E-state index is 14.5. The highest BCUT2D eigenvalue weighted by Crippen LogP contribution is 2.34. The number of amides is 1. The van der Waals surface area contributed by atoms with Gasteiger partial charge in [0.2, 0.25) is 5.89 Å². The van der Waals surface area contributed by atoms with E-state index in [2.05, 4.69) is 20.9 Å². The van der Waals surface area contributed by atoms with Crippen LogP contribution in [0.25, 0.3) is 11.3 Å². The molecular weight excluding hydrogens is 460 g/mol. The van der Waals surface area contributed by atoms with Crippen molar-refractivity contribution in [3.63, 3.8) is 0 Å². The molecule has 0 saturated carbocycles. The zero-order valence-electron chi connectivity index (χ0n) is 14.6. The third-order valence-corrected chi connectivity index (χ3v) is 4.78. The molecule has 2 aromatic carbocycles. The molecule has 3 N–H and O–H groups in total. The summed E-state index contributed by atoms with van der Waals surface area (Å²) in [6.45, 7) is -0.541. The van der Waals surface area contributed by atoms with Gasteiger partial charge in [-0.2, -0.15) is 0 Å². The highest BCUT2D eigenvalue weighted by atomic mass is 79.9. The number of halogens is 5. The van der Waals surface area contributed by atoms with Gasteiger partial charge >= 0.3 is 0 Å². The van der Waals surface area contributed by atoms with E-state index >= 15 is 0 Å². The number of carbonyl (C=O) groups excluding carboxylic acids is 1. The van der Waals surface area contributed by atoms with Crippen LogP contribution in [0.5, 0.6) is 0 Å². The molecule has 1 atom stereocenters. The van der Waals surface area contributed by atoms with Crippen LogP contribution in [-0.4, -0.2) is 22.6 Å². The minimum absolute atomic E-state index is 0.0216. The number of nitrogens with zero attached hydrogens (tertiary/aromatic N) is 1. The maximum Gasteiger partial charge on any atom is 0.254 e. The summed E-state index contributed by atoms with van der Waals surface area (Å²) in [5, 5.41) is 9.70. The van der Waals surface area contributed by atoms with Gasteiger partial charge in [0.1, 0.15) is 34.5 Å². The van der Waals surface area contributed by atoms with Gasteiger partial charge in [0.05, 0.1) is 12.5 Å². The standard InChI is InChI=1S/C19H13BrF4N2O3/c20-17-16(11-3-2-10(21)6-13(11)23)26-19(29-17)9(7-27)5-8-1-4-12(22)14(15(8)24)18(25)28/h1-4,6,9,27H,5,7H2,(H2,25,28)/t9-/m1/s1. The highest BCUT2D eigenvalue weighted by molar-refractivity contribution is 9.10. The molecule has 0 radical (unpaired) electrons. The van der Waals surface area contributed by atoms with Crippen LogP contribution in [0.4, 0.5) is 17.6 Å². The molecule has 0 bridgehead atoms. The number of rotatable bonds is 6. The Bertz CT molecular complexity index is 1090. The molecule has 152 valence electrons. The van der Waals surface area contributed by atoms with E-state index < -0.39 is 47.3 Å². The van der Waals surface area contributed by atoms with E-state index in [1.807, 2.05) is 0 Å². The van der Waals surface area contributed by atoms with E-state index in [0.29, 0.717) is 6.07 Å². The second kappa shape index (κ2) is 8.34. The van der Waals surface area contributed by atoms with Crippen molar-refractivity contribution in [1.29, 1.82) is 0 Å². The number of oxazole rings is 1. The van der Waals surface area contributed by atoms with Gasteiger partial charge in [-0.25, -0.2) is 22.5 Å². The number of primary amides is 1. The van der Waals surface area contributed by atoms with Crippen molar-refractivity contribution in [3.05, 3.63) is 75.3 Å². The molecule has 0 spiro atoms. The van der Waals surface area contributed by atoms with Crippen LogP contribution in [0.15, 0.2) is 39.4 Å². The molecule has 0 unspecified atom stereocenters. The van der Waals surface area contributed by atoms with Crippen molar-refractivity contribution in [2.45, 2.75) is 12.3 Å². The first-order valence-electron chi connectivity index (χ1n) is 8.22. The first-order valence-corrected chi connectivity index (χ1v) is 9.01. The van der Waals surface area contributed by atoms with Crippen molar-refractivity contribution in [2.75, 3.05) is 6.61 Å². The first-order chi connectivity index (χ1) is 13.7. The molecule has 5 nitrogen and oxygen atoms in total. The Morgan fingerprint density at radius 2 is 1.90 bits per heavy atom. The summed E-state index contributed by atoms with van der Waals surface area (Å²) in [6.07, 6.45) is -0.207. The zero-order chi connectivity index (χ0) is 21.3. The van der Waals surface area contributed by atoms with Gasteiger partial charge in [0.25, 0.3) is 5.91 Å². The minimum atomic E-state index is -1.27. The van der Waals surface area contributed by atoms with Crippen LogP contribution in [0.2, 0.25) is 0 Å². The van der Waals surface area contributed by atoms with E-state index in [-0.39, 0.29) is 33.8 Å². The van der Waals surface area contributed by atoms with Crippen LogP contribution < -0.4 is 5.73 Å². The molecule has 1 heterocycles. The molecule has 0 saturated heterocycles. The third-order valence-electron chi connectivity index (χ3n) is 4.24. The van der Waals surface area contributed by atoms with E-state index in [1.54, 1.807) is 0 Å². The SMILES string of the molecule is NC(=O)c1c(F)ccc(C[C@H](CO)c2nc(-c3ccc(F)cc3F)c(Br)o2)c1F. The lowest BCUT2D eigenvalue weighted by Crippen LogP contribution is -2.18. The second-order valence-electron chi connectivity index (χ2n) is 6.14. The monoisotopic (exact) mass is 472 g/mol. The average molecular weight is 473 g/mol. The molecule has 0 aliphatic rings. The number of nitrogens with two attached hydrogens (primary N) is 1. The van der Waals surface area contributed by atoms with E-state index in [9.17, 15) is 27.5 Å². The Kier molecular flexibility index (Phi) is 6.04. The number of benzene rings is 2. The Morgan fingerprint density at radius 3 is 2.52 bits per heavy atom. The summed E-state index contributed by atoms with van der Waals surface area (Å²) in [6, 6.07) is 4.89. The molecule has 0 aliphatic heterocycles. The minimum Gasteiger partial charge on any atom is -0.433 e. The summed E-state index contributed by atoms with van der Waals surface area (Å²) in [4.78, 5) is 15.4. The molecule has 29 heavy (non-hydrogen) atoms. The molecule has 0 aliphatic carbocycles. The van der Waals surface area contributed by atoms with Crippen molar-refractivity contribution >= 4 is 21.8 Å². The highest BCUT2D eigenvalue weighted by Gasteiger charge is 2.26. The Hall–Kier alpha value is -2.72. The summed E-state index contributed by atoms with van der Waals surface area (Å²) in [5.74, 6) is -6.13. The van der Waals surface area contributed by atoms with Gasteiger partial charge in [0.15, 0.2) is 4.67 Å². The van der Waals surface area contributed by atoms with Crippen LogP contribution >= 0.6 is 15.9 Å². The first kappa shape index (κ1) is 21.0. The number of aliphatic hydroxyl groups is 1. The lowest BCUT2D eigenvalue weighted by Gasteiger charge is -2.12. The van der Waals surface area contributed by atoms with Gasteiger partial charge in [-0.05, 0) is 46.1 Å². The van der Waals surface area contributed by atoms with E-state index in [1.165, 1.54) is 6.07 Å². The number of hydrogen-bond acceptors (Lipinski definition) is 4. The van der Waals surface area contributed by atoms with Gasteiger partial charge < -0.3 is 15.3 Å². The molecule has 1 amide bonds. The van der Waals surface area contributed by atoms with Crippen LogP contribution in [-0.2, 0) is 6.42 Å². The van der Waals surface area contributed by atoms with Crippen LogP contribution in [0.3, 0.4) is 0 Å². The van der Waals surface area contributed by atoms with Gasteiger partial charge in [0, 0.05) is 11.6 Å². The van der Waals surface area contributed by atoms with Crippen molar-refractivity contribution in [3.8, 4) is 11.3 Å². The summed E-state index contributed by atoms with van der Waals surface area (Å²) in [5.41, 5.74) is 4.00. The Morgan fingerprint density at radius 1 is 1.17 bits per heavy atom. The Balaban J connectivity index is 1.96. The van der Waals surface area contributed by atoms with Gasteiger partial charge in [-0.15, -0.1) is 0 Å². The van der Waals surface area contributed by atoms with Gasteiger partial charge in [-0.3, -0.25) is 4.79 Å². The number of hydrogen-bond donors (Lipinski definition) is 2. The fourth-order valence-corrected chi connectivity index (χ4v) is 3.28. The third kappa shape index (κ3) is 4.18. The molecule has 0 fully saturated rings. The van der Waals surface area contributed by atoms with Crippen LogP contribution in [0.1, 0.15) is 27.7 Å².